The fourth-order valence-electron chi connectivity index (χ4n) is 11.3. The van der Waals surface area contributed by atoms with Crippen molar-refractivity contribution in [1.82, 2.24) is 0 Å². The number of fused-ring (bicyclic) bond motifs is 19. The van der Waals surface area contributed by atoms with E-state index in [-0.39, 0.29) is 0 Å². The number of benzene rings is 10. The number of furan rings is 2. The van der Waals surface area contributed by atoms with Gasteiger partial charge < -0.3 is 13.7 Å². The maximum absolute atomic E-state index is 6.89. The van der Waals surface area contributed by atoms with E-state index in [1.54, 1.807) is 0 Å². The molecule has 0 bridgehead atoms. The molecule has 10 aromatic carbocycles. The predicted octanol–water partition coefficient (Wildman–Crippen LogP) is 16.6. The molecular weight excluding hydrogens is 779 g/mol. The van der Waals surface area contributed by atoms with Crippen molar-refractivity contribution in [3.63, 3.8) is 0 Å². The molecular formula is C61H37NO2. The van der Waals surface area contributed by atoms with Crippen LogP contribution in [-0.4, -0.2) is 0 Å². The van der Waals surface area contributed by atoms with Crippen molar-refractivity contribution in [2.24, 2.45) is 0 Å². The molecule has 2 aliphatic carbocycles. The average molecular weight is 816 g/mol. The van der Waals surface area contributed by atoms with E-state index < -0.39 is 5.41 Å². The zero-order valence-corrected chi connectivity index (χ0v) is 34.6. The van der Waals surface area contributed by atoms with E-state index >= 15 is 0 Å². The molecule has 12 aromatic rings. The van der Waals surface area contributed by atoms with Crippen molar-refractivity contribution in [3.05, 3.63) is 247 Å². The first kappa shape index (κ1) is 35.2. The number of anilines is 3. The molecule has 0 saturated heterocycles. The summed E-state index contributed by atoms with van der Waals surface area (Å²) in [6, 6.07) is 81.6. The molecule has 0 saturated carbocycles. The topological polar surface area (TPSA) is 29.5 Å². The summed E-state index contributed by atoms with van der Waals surface area (Å²) in [6.07, 6.45) is 0. The molecule has 3 nitrogen and oxygen atoms in total. The Bertz CT molecular complexity index is 3870. The molecule has 0 N–H and O–H groups in total. The van der Waals surface area contributed by atoms with Crippen LogP contribution in [0.5, 0.6) is 0 Å². The summed E-state index contributed by atoms with van der Waals surface area (Å²) in [4.78, 5) is 2.41. The Labute approximate surface area is 369 Å². The van der Waals surface area contributed by atoms with Crippen molar-refractivity contribution in [2.75, 3.05) is 4.90 Å². The highest BCUT2D eigenvalue weighted by Crippen LogP contribution is 2.63. The summed E-state index contributed by atoms with van der Waals surface area (Å²) >= 11 is 0. The lowest BCUT2D eigenvalue weighted by Crippen LogP contribution is -2.29. The fourth-order valence-corrected chi connectivity index (χ4v) is 11.3. The lowest BCUT2D eigenvalue weighted by Gasteiger charge is -2.36. The summed E-state index contributed by atoms with van der Waals surface area (Å²) in [7, 11) is 0. The van der Waals surface area contributed by atoms with Gasteiger partial charge in [-0.1, -0.05) is 188 Å². The van der Waals surface area contributed by atoms with Crippen LogP contribution in [0.1, 0.15) is 22.3 Å². The summed E-state index contributed by atoms with van der Waals surface area (Å²) in [5, 5.41) is 4.45. The van der Waals surface area contributed by atoms with E-state index in [9.17, 15) is 0 Å². The van der Waals surface area contributed by atoms with Crippen LogP contribution >= 0.6 is 0 Å². The van der Waals surface area contributed by atoms with Crippen LogP contribution in [0.4, 0.5) is 17.1 Å². The zero-order chi connectivity index (χ0) is 41.9. The molecule has 0 aliphatic heterocycles. The van der Waals surface area contributed by atoms with Gasteiger partial charge in [0.2, 0.25) is 0 Å². The Morgan fingerprint density at radius 3 is 1.59 bits per heavy atom. The molecule has 1 atom stereocenters. The minimum absolute atomic E-state index is 0.673. The third-order valence-electron chi connectivity index (χ3n) is 13.9. The van der Waals surface area contributed by atoms with Crippen LogP contribution in [0.3, 0.4) is 0 Å². The van der Waals surface area contributed by atoms with E-state index in [4.69, 9.17) is 8.83 Å². The Kier molecular flexibility index (Phi) is 7.32. The van der Waals surface area contributed by atoms with Crippen LogP contribution in [0.15, 0.2) is 233 Å². The highest BCUT2D eigenvalue weighted by Gasteiger charge is 2.51. The van der Waals surface area contributed by atoms with Gasteiger partial charge in [0.25, 0.3) is 0 Å². The van der Waals surface area contributed by atoms with E-state index in [1.165, 1.54) is 50.1 Å². The first-order valence-electron chi connectivity index (χ1n) is 22.0. The highest BCUT2D eigenvalue weighted by molar-refractivity contribution is 6.14. The monoisotopic (exact) mass is 815 g/mol. The van der Waals surface area contributed by atoms with Crippen LogP contribution in [-0.2, 0) is 5.41 Å². The Morgan fingerprint density at radius 1 is 0.312 bits per heavy atom. The summed E-state index contributed by atoms with van der Waals surface area (Å²) in [5.74, 6) is 0. The quantitative estimate of drug-likeness (QED) is 0.177. The molecule has 0 fully saturated rings. The van der Waals surface area contributed by atoms with Gasteiger partial charge in [-0.3, -0.25) is 0 Å². The molecule has 0 amide bonds. The van der Waals surface area contributed by atoms with Crippen LogP contribution < -0.4 is 4.90 Å². The van der Waals surface area contributed by atoms with Gasteiger partial charge in [-0.2, -0.15) is 0 Å². The Morgan fingerprint density at radius 2 is 0.828 bits per heavy atom. The van der Waals surface area contributed by atoms with Crippen molar-refractivity contribution < 1.29 is 8.83 Å². The van der Waals surface area contributed by atoms with Gasteiger partial charge in [-0.25, -0.2) is 0 Å². The first-order valence-corrected chi connectivity index (χ1v) is 22.0. The Balaban J connectivity index is 1.11. The van der Waals surface area contributed by atoms with E-state index in [0.29, 0.717) is 0 Å². The second kappa shape index (κ2) is 13.3. The molecule has 0 radical (unpaired) electrons. The lowest BCUT2D eigenvalue weighted by molar-refractivity contribution is 0.668. The van der Waals surface area contributed by atoms with Gasteiger partial charge in [-0.15, -0.1) is 0 Å². The maximum Gasteiger partial charge on any atom is 0.159 e. The van der Waals surface area contributed by atoms with Crippen LogP contribution in [0.2, 0.25) is 0 Å². The second-order valence-electron chi connectivity index (χ2n) is 17.1. The number of hydrogen-bond acceptors (Lipinski definition) is 3. The smallest absolute Gasteiger partial charge is 0.159 e. The van der Waals surface area contributed by atoms with Crippen LogP contribution in [0, 0.1) is 0 Å². The van der Waals surface area contributed by atoms with Gasteiger partial charge in [0, 0.05) is 38.4 Å². The van der Waals surface area contributed by atoms with Crippen molar-refractivity contribution in [3.8, 4) is 44.5 Å². The average Bonchev–Trinajstić information content (AvgIpc) is 4.01. The van der Waals surface area contributed by atoms with Crippen LogP contribution in [0.25, 0.3) is 88.4 Å². The highest BCUT2D eigenvalue weighted by atomic mass is 16.3. The number of hydrogen-bond donors (Lipinski definition) is 0. The minimum atomic E-state index is -0.673. The number of para-hydroxylation sites is 4. The molecule has 64 heavy (non-hydrogen) atoms. The van der Waals surface area contributed by atoms with E-state index in [2.05, 4.69) is 223 Å². The van der Waals surface area contributed by atoms with Gasteiger partial charge in [-0.05, 0) is 92.0 Å². The summed E-state index contributed by atoms with van der Waals surface area (Å²) in [6.45, 7) is 0. The summed E-state index contributed by atoms with van der Waals surface area (Å²) < 4.78 is 13.7. The molecule has 14 rings (SSSR count). The largest absolute Gasteiger partial charge is 0.455 e. The minimum Gasteiger partial charge on any atom is -0.455 e. The van der Waals surface area contributed by atoms with Crippen molar-refractivity contribution >= 4 is 60.9 Å². The third-order valence-corrected chi connectivity index (χ3v) is 13.9. The van der Waals surface area contributed by atoms with Gasteiger partial charge >= 0.3 is 0 Å². The Hall–Kier alpha value is -8.40. The molecule has 298 valence electrons. The zero-order valence-electron chi connectivity index (χ0n) is 34.6. The molecule has 1 spiro atoms. The molecule has 2 aliphatic rings. The van der Waals surface area contributed by atoms with Crippen molar-refractivity contribution in [2.45, 2.75) is 5.41 Å². The van der Waals surface area contributed by atoms with Crippen molar-refractivity contribution in [1.29, 1.82) is 0 Å². The summed E-state index contributed by atoms with van der Waals surface area (Å²) in [5.41, 5.74) is 20.4. The molecule has 2 heterocycles. The standard InChI is InChI=1S/C61H37NO2/c1-2-17-38(18-3-1)40-19-8-13-29-54(40)62(55-30-16-26-46-44-23-9-14-31-56(44)63-59(46)55)39-33-35-52-49(37-39)42-21-5-4-20-41(42)43-22-6-11-27-50(43)61(52)51-28-12-7-25-48(51)58-53(61)36-34-47-45-24-10-15-32-57(45)64-60(47)58/h1-37H. The molecule has 1 unspecified atom stereocenters. The molecule has 2 aromatic heterocycles. The number of nitrogens with zero attached hydrogens (tertiary/aromatic N) is 1. The normalized spacial score (nSPS) is 14.6. The second-order valence-corrected chi connectivity index (χ2v) is 17.1. The molecule has 3 heteroatoms. The van der Waals surface area contributed by atoms with Gasteiger partial charge in [0.05, 0.1) is 16.8 Å². The van der Waals surface area contributed by atoms with E-state index in [0.717, 1.165) is 77.6 Å². The SMILES string of the molecule is c1ccc(-c2ccccc2N(c2ccc3c(c2)-c2ccccc2-c2ccccc2C32c3ccccc3-c3c2ccc2c3oc3ccccc32)c2cccc3c2oc2ccccc23)cc1. The van der Waals surface area contributed by atoms with Gasteiger partial charge in [0.15, 0.2) is 5.58 Å². The van der Waals surface area contributed by atoms with Gasteiger partial charge in [0.1, 0.15) is 16.7 Å². The van der Waals surface area contributed by atoms with E-state index in [1.807, 2.05) is 6.07 Å². The fraction of sp³-hybridized carbons (Fsp3) is 0.0164. The first-order chi connectivity index (χ1) is 31.8. The lowest BCUT2D eigenvalue weighted by atomic mass is 9.66. The maximum atomic E-state index is 6.89. The number of rotatable bonds is 4. The predicted molar refractivity (Wildman–Crippen MR) is 263 cm³/mol. The third kappa shape index (κ3) is 4.70.